The quantitative estimate of drug-likeness (QED) is 0.173. The van der Waals surface area contributed by atoms with Gasteiger partial charge in [-0.15, -0.1) is 34.5 Å². The Hall–Kier alpha value is -2.94. The van der Waals surface area contributed by atoms with Gasteiger partial charge >= 0.3 is 0 Å². The van der Waals surface area contributed by atoms with Crippen LogP contribution in [0.4, 0.5) is 10.8 Å². The molecule has 0 aliphatic heterocycles. The summed E-state index contributed by atoms with van der Waals surface area (Å²) < 4.78 is 0. The van der Waals surface area contributed by atoms with Gasteiger partial charge in [0.05, 0.1) is 11.9 Å². The normalized spacial score (nSPS) is 10.8. The summed E-state index contributed by atoms with van der Waals surface area (Å²) in [6.07, 6.45) is 1.16. The van der Waals surface area contributed by atoms with E-state index in [1.165, 1.54) is 17.6 Å². The Bertz CT molecular complexity index is 1070. The van der Waals surface area contributed by atoms with Crippen LogP contribution in [0, 0.1) is 0 Å². The van der Waals surface area contributed by atoms with Crippen LogP contribution in [0.15, 0.2) is 65.1 Å². The van der Waals surface area contributed by atoms with Crippen molar-refractivity contribution in [1.82, 2.24) is 10.4 Å². The van der Waals surface area contributed by atoms with Crippen LogP contribution < -0.4 is 15.6 Å². The highest BCUT2D eigenvalue weighted by Crippen LogP contribution is 2.24. The second-order valence-corrected chi connectivity index (χ2v) is 8.49. The second kappa shape index (κ2) is 12.9. The number of amides is 2. The Balaban J connectivity index is 1.46. The van der Waals surface area contributed by atoms with Gasteiger partial charge in [-0.05, 0) is 17.7 Å². The fourth-order valence-corrected chi connectivity index (χ4v) is 4.09. The van der Waals surface area contributed by atoms with E-state index in [2.05, 4.69) is 25.7 Å². The van der Waals surface area contributed by atoms with Gasteiger partial charge in [0, 0.05) is 41.5 Å². The molecule has 0 unspecified atom stereocenters. The van der Waals surface area contributed by atoms with Gasteiger partial charge < -0.3 is 10.2 Å². The number of carbonyl (C=O) groups is 2. The molecule has 7 nitrogen and oxygen atoms in total. The summed E-state index contributed by atoms with van der Waals surface area (Å²) in [5, 5.41) is 8.85. The molecule has 172 valence electrons. The number of aromatic nitrogens is 1. The lowest BCUT2D eigenvalue weighted by Crippen LogP contribution is -2.27. The summed E-state index contributed by atoms with van der Waals surface area (Å²) >= 11 is 13.0. The molecule has 2 aromatic carbocycles. The molecule has 2 N–H and O–H groups in total. The summed E-state index contributed by atoms with van der Waals surface area (Å²) in [5.41, 5.74) is 5.90. The van der Waals surface area contributed by atoms with Crippen molar-refractivity contribution < 1.29 is 9.59 Å². The molecule has 10 heteroatoms. The molecular formula is C23H23Cl2N5O2S. The molecule has 0 aliphatic rings. The summed E-state index contributed by atoms with van der Waals surface area (Å²) in [6, 6.07) is 17.3. The molecule has 2 amide bonds. The number of thiazole rings is 1. The standard InChI is InChI=1S/C23H23Cl2N5O2S/c24-10-12-30(13-11-25)19-8-6-17(7-9-19)15-26-29-22(32)14-21(31)28-23-27-20(16-33-23)18-4-2-1-3-5-18/h1-9,15-16H,10-14H2,(H,29,32)(H,27,28,31). The first kappa shape index (κ1) is 24.7. The molecule has 0 aliphatic carbocycles. The Morgan fingerprint density at radius 1 is 1.00 bits per heavy atom. The number of carbonyl (C=O) groups excluding carboxylic acids is 2. The van der Waals surface area contributed by atoms with Crippen LogP contribution in [-0.2, 0) is 9.59 Å². The highest BCUT2D eigenvalue weighted by atomic mass is 35.5. The molecular weight excluding hydrogens is 481 g/mol. The molecule has 33 heavy (non-hydrogen) atoms. The van der Waals surface area contributed by atoms with E-state index in [0.29, 0.717) is 30.0 Å². The molecule has 0 atom stereocenters. The molecule has 0 bridgehead atoms. The lowest BCUT2D eigenvalue weighted by Gasteiger charge is -2.22. The van der Waals surface area contributed by atoms with Crippen molar-refractivity contribution in [3.63, 3.8) is 0 Å². The monoisotopic (exact) mass is 503 g/mol. The van der Waals surface area contributed by atoms with Gasteiger partial charge in [-0.1, -0.05) is 42.5 Å². The summed E-state index contributed by atoms with van der Waals surface area (Å²) in [7, 11) is 0. The number of anilines is 2. The minimum atomic E-state index is -0.518. The van der Waals surface area contributed by atoms with Crippen molar-refractivity contribution in [2.24, 2.45) is 5.10 Å². The zero-order valence-corrected chi connectivity index (χ0v) is 20.0. The van der Waals surface area contributed by atoms with Gasteiger partial charge in [-0.25, -0.2) is 10.4 Å². The second-order valence-electron chi connectivity index (χ2n) is 6.88. The van der Waals surface area contributed by atoms with Crippen LogP contribution in [0.3, 0.4) is 0 Å². The Kier molecular flexibility index (Phi) is 9.68. The predicted octanol–water partition coefficient (Wildman–Crippen LogP) is 4.57. The lowest BCUT2D eigenvalue weighted by atomic mass is 10.2. The predicted molar refractivity (Wildman–Crippen MR) is 137 cm³/mol. The number of nitrogens with zero attached hydrogens (tertiary/aromatic N) is 3. The van der Waals surface area contributed by atoms with Crippen molar-refractivity contribution in [2.75, 3.05) is 35.1 Å². The fourth-order valence-electron chi connectivity index (χ4n) is 2.95. The number of rotatable bonds is 11. The third-order valence-electron chi connectivity index (χ3n) is 4.51. The van der Waals surface area contributed by atoms with Gasteiger partial charge in [0.2, 0.25) is 11.8 Å². The molecule has 0 saturated heterocycles. The maximum Gasteiger partial charge on any atom is 0.249 e. The largest absolute Gasteiger partial charge is 0.369 e. The fraction of sp³-hybridized carbons (Fsp3) is 0.217. The van der Waals surface area contributed by atoms with Crippen molar-refractivity contribution in [3.05, 3.63) is 65.5 Å². The Morgan fingerprint density at radius 3 is 2.36 bits per heavy atom. The van der Waals surface area contributed by atoms with E-state index >= 15 is 0 Å². The van der Waals surface area contributed by atoms with Gasteiger partial charge in [0.15, 0.2) is 5.13 Å². The van der Waals surface area contributed by atoms with E-state index in [1.54, 1.807) is 0 Å². The van der Waals surface area contributed by atoms with Crippen LogP contribution in [0.25, 0.3) is 11.3 Å². The number of halogens is 2. The van der Waals surface area contributed by atoms with E-state index < -0.39 is 11.8 Å². The summed E-state index contributed by atoms with van der Waals surface area (Å²) in [6.45, 7) is 1.41. The summed E-state index contributed by atoms with van der Waals surface area (Å²) in [5.74, 6) is 0.0441. The topological polar surface area (TPSA) is 86.7 Å². The highest BCUT2D eigenvalue weighted by Gasteiger charge is 2.12. The number of benzene rings is 2. The molecule has 0 fully saturated rings. The van der Waals surface area contributed by atoms with E-state index in [-0.39, 0.29) is 6.42 Å². The first-order valence-electron chi connectivity index (χ1n) is 10.2. The molecule has 0 spiro atoms. The zero-order valence-electron chi connectivity index (χ0n) is 17.7. The smallest absolute Gasteiger partial charge is 0.249 e. The first-order chi connectivity index (χ1) is 16.1. The number of alkyl halides is 2. The molecule has 1 aromatic heterocycles. The van der Waals surface area contributed by atoms with Crippen LogP contribution >= 0.6 is 34.5 Å². The maximum atomic E-state index is 12.1. The van der Waals surface area contributed by atoms with Crippen molar-refractivity contribution in [2.45, 2.75) is 6.42 Å². The maximum absolute atomic E-state index is 12.1. The zero-order chi connectivity index (χ0) is 23.5. The van der Waals surface area contributed by atoms with Crippen LogP contribution in [-0.4, -0.2) is 47.9 Å². The van der Waals surface area contributed by atoms with Gasteiger partial charge in [0.25, 0.3) is 0 Å². The Morgan fingerprint density at radius 2 is 1.70 bits per heavy atom. The molecule has 1 heterocycles. The lowest BCUT2D eigenvalue weighted by molar-refractivity contribution is -0.126. The van der Waals surface area contributed by atoms with Crippen molar-refractivity contribution in [3.8, 4) is 11.3 Å². The van der Waals surface area contributed by atoms with Crippen molar-refractivity contribution >= 4 is 63.4 Å². The van der Waals surface area contributed by atoms with E-state index in [9.17, 15) is 9.59 Å². The minimum absolute atomic E-state index is 0.359. The summed E-state index contributed by atoms with van der Waals surface area (Å²) in [4.78, 5) is 30.6. The average Bonchev–Trinajstić information content (AvgIpc) is 3.28. The van der Waals surface area contributed by atoms with Crippen LogP contribution in [0.1, 0.15) is 12.0 Å². The van der Waals surface area contributed by atoms with Crippen LogP contribution in [0.2, 0.25) is 0 Å². The number of nitrogens with one attached hydrogen (secondary N) is 2. The highest BCUT2D eigenvalue weighted by molar-refractivity contribution is 7.14. The van der Waals surface area contributed by atoms with E-state index in [1.807, 2.05) is 60.0 Å². The SMILES string of the molecule is O=C(CC(=O)Nc1nc(-c2ccccc2)cs1)NN=Cc1ccc(N(CCCl)CCCl)cc1. The third kappa shape index (κ3) is 7.85. The molecule has 0 radical (unpaired) electrons. The van der Waals surface area contributed by atoms with Gasteiger partial charge in [-0.2, -0.15) is 5.10 Å². The Labute approximate surface area is 206 Å². The van der Waals surface area contributed by atoms with Crippen molar-refractivity contribution in [1.29, 1.82) is 0 Å². The molecule has 3 rings (SSSR count). The third-order valence-corrected chi connectivity index (χ3v) is 5.61. The van der Waals surface area contributed by atoms with Gasteiger partial charge in [-0.3, -0.25) is 9.59 Å². The average molecular weight is 504 g/mol. The van der Waals surface area contributed by atoms with Gasteiger partial charge in [0.1, 0.15) is 6.42 Å². The minimum Gasteiger partial charge on any atom is -0.369 e. The molecule has 3 aromatic rings. The molecule has 0 saturated carbocycles. The number of hydrogen-bond acceptors (Lipinski definition) is 6. The van der Waals surface area contributed by atoms with E-state index in [4.69, 9.17) is 23.2 Å². The van der Waals surface area contributed by atoms with Crippen LogP contribution in [0.5, 0.6) is 0 Å². The van der Waals surface area contributed by atoms with E-state index in [0.717, 1.165) is 22.5 Å². The first-order valence-corrected chi connectivity index (χ1v) is 12.1. The number of hydrogen-bond donors (Lipinski definition) is 2. The number of hydrazone groups is 1.